The minimum absolute atomic E-state index is 0.248. The first-order chi connectivity index (χ1) is 11.5. The highest BCUT2D eigenvalue weighted by Gasteiger charge is 2.18. The number of aromatic nitrogens is 3. The molecule has 3 aromatic rings. The lowest BCUT2D eigenvalue weighted by Crippen LogP contribution is -2.13. The summed E-state index contributed by atoms with van der Waals surface area (Å²) in [7, 11) is 0. The molecule has 0 saturated heterocycles. The van der Waals surface area contributed by atoms with E-state index in [0.29, 0.717) is 16.4 Å². The monoisotopic (exact) mass is 345 g/mol. The van der Waals surface area contributed by atoms with Crippen molar-refractivity contribution in [2.24, 2.45) is 5.73 Å². The molecule has 1 aromatic heterocycles. The summed E-state index contributed by atoms with van der Waals surface area (Å²) in [5.41, 5.74) is 6.90. The molecule has 0 spiro atoms. The fourth-order valence-corrected chi connectivity index (χ4v) is 2.31. The summed E-state index contributed by atoms with van der Waals surface area (Å²) in [5.74, 6) is 0.234. The molecular weight excluding hydrogens is 334 g/mol. The van der Waals surface area contributed by atoms with Crippen molar-refractivity contribution in [3.8, 4) is 17.1 Å². The number of rotatable bonds is 4. The van der Waals surface area contributed by atoms with Crippen molar-refractivity contribution in [2.45, 2.75) is 6.04 Å². The van der Waals surface area contributed by atoms with Crippen LogP contribution in [-0.4, -0.2) is 25.2 Å². The van der Waals surface area contributed by atoms with Gasteiger partial charge in [-0.3, -0.25) is 15.2 Å². The zero-order valence-corrected chi connectivity index (χ0v) is 12.9. The Bertz CT molecular complexity index is 894. The molecule has 0 bridgehead atoms. The Morgan fingerprint density at radius 1 is 1.25 bits per heavy atom. The van der Waals surface area contributed by atoms with Gasteiger partial charge in [0, 0.05) is 16.7 Å². The predicted molar refractivity (Wildman–Crippen MR) is 87.6 cm³/mol. The molecular formula is C15H12ClN5O3. The average Bonchev–Trinajstić information content (AvgIpc) is 3.05. The number of nitrogens with two attached hydrogens (primary N) is 1. The summed E-state index contributed by atoms with van der Waals surface area (Å²) < 4.78 is 0. The number of H-pyrrole nitrogens is 1. The van der Waals surface area contributed by atoms with Gasteiger partial charge in [-0.1, -0.05) is 23.7 Å². The molecule has 2 aromatic carbocycles. The van der Waals surface area contributed by atoms with Gasteiger partial charge in [-0.25, -0.2) is 4.98 Å². The van der Waals surface area contributed by atoms with Crippen LogP contribution in [-0.2, 0) is 0 Å². The van der Waals surface area contributed by atoms with Gasteiger partial charge in [0.05, 0.1) is 11.0 Å². The van der Waals surface area contributed by atoms with Gasteiger partial charge in [-0.05, 0) is 29.8 Å². The van der Waals surface area contributed by atoms with Gasteiger partial charge in [0.1, 0.15) is 5.82 Å². The van der Waals surface area contributed by atoms with E-state index in [1.165, 1.54) is 18.2 Å². The van der Waals surface area contributed by atoms with Gasteiger partial charge in [-0.15, -0.1) is 0 Å². The van der Waals surface area contributed by atoms with E-state index in [1.807, 2.05) is 0 Å². The van der Waals surface area contributed by atoms with Gasteiger partial charge in [-0.2, -0.15) is 5.10 Å². The van der Waals surface area contributed by atoms with Crippen molar-refractivity contribution in [1.82, 2.24) is 15.2 Å². The third kappa shape index (κ3) is 3.05. The third-order valence-electron chi connectivity index (χ3n) is 3.46. The Morgan fingerprint density at radius 2 is 1.96 bits per heavy atom. The summed E-state index contributed by atoms with van der Waals surface area (Å²) in [6.45, 7) is 0. The number of hydrogen-bond acceptors (Lipinski definition) is 6. The molecule has 9 heteroatoms. The molecule has 8 nitrogen and oxygen atoms in total. The molecule has 1 atom stereocenters. The molecule has 0 fully saturated rings. The SMILES string of the molecule is N[C@H](c1ccc(Cl)cc1)c1nc(-c2ccc(O)c([N+](=O)[O-])c2)n[nH]1. The number of aromatic amines is 1. The van der Waals surface area contributed by atoms with Crippen molar-refractivity contribution in [3.63, 3.8) is 0 Å². The van der Waals surface area contributed by atoms with E-state index in [1.54, 1.807) is 24.3 Å². The standard InChI is InChI=1S/C15H12ClN5O3/c16-10-4-1-8(2-5-10)13(17)15-18-14(19-20-15)9-3-6-12(22)11(7-9)21(23)24/h1-7,13,22H,17H2,(H,18,19,20)/t13-/m1/s1. The number of phenolic OH excluding ortho intramolecular Hbond substituents is 1. The van der Waals surface area contributed by atoms with Crippen LogP contribution in [0.5, 0.6) is 5.75 Å². The molecule has 0 amide bonds. The van der Waals surface area contributed by atoms with E-state index < -0.39 is 22.4 Å². The lowest BCUT2D eigenvalue weighted by molar-refractivity contribution is -0.385. The normalized spacial score (nSPS) is 12.1. The zero-order valence-electron chi connectivity index (χ0n) is 12.2. The van der Waals surface area contributed by atoms with Crippen molar-refractivity contribution in [1.29, 1.82) is 0 Å². The first kappa shape index (κ1) is 15.9. The van der Waals surface area contributed by atoms with Gasteiger partial charge < -0.3 is 10.8 Å². The highest BCUT2D eigenvalue weighted by Crippen LogP contribution is 2.30. The number of nitrogens with one attached hydrogen (secondary N) is 1. The lowest BCUT2D eigenvalue weighted by atomic mass is 10.1. The van der Waals surface area contributed by atoms with Crippen LogP contribution in [0.1, 0.15) is 17.4 Å². The minimum atomic E-state index is -0.675. The second kappa shape index (κ2) is 6.26. The van der Waals surface area contributed by atoms with Crippen molar-refractivity contribution in [2.75, 3.05) is 0 Å². The number of nitro groups is 1. The maximum Gasteiger partial charge on any atom is 0.311 e. The van der Waals surface area contributed by atoms with Crippen LogP contribution in [0.4, 0.5) is 5.69 Å². The van der Waals surface area contributed by atoms with Crippen LogP contribution in [0.3, 0.4) is 0 Å². The van der Waals surface area contributed by atoms with Crippen LogP contribution in [0.15, 0.2) is 42.5 Å². The Balaban J connectivity index is 1.92. The van der Waals surface area contributed by atoms with Crippen molar-refractivity contribution < 1.29 is 10.0 Å². The number of nitrogens with zero attached hydrogens (tertiary/aromatic N) is 3. The quantitative estimate of drug-likeness (QED) is 0.492. The van der Waals surface area contributed by atoms with Crippen LogP contribution in [0.25, 0.3) is 11.4 Å². The molecule has 3 rings (SSSR count). The van der Waals surface area contributed by atoms with Gasteiger partial charge >= 0.3 is 5.69 Å². The number of aromatic hydroxyl groups is 1. The molecule has 0 radical (unpaired) electrons. The Labute approximate surface area is 141 Å². The topological polar surface area (TPSA) is 131 Å². The second-order valence-corrected chi connectivity index (χ2v) is 5.47. The van der Waals surface area contributed by atoms with E-state index in [4.69, 9.17) is 17.3 Å². The van der Waals surface area contributed by atoms with Gasteiger partial charge in [0.2, 0.25) is 0 Å². The first-order valence-corrected chi connectivity index (χ1v) is 7.24. The molecule has 122 valence electrons. The summed E-state index contributed by atoms with van der Waals surface area (Å²) in [6, 6.07) is 10.4. The van der Waals surface area contributed by atoms with Crippen LogP contribution < -0.4 is 5.73 Å². The van der Waals surface area contributed by atoms with Gasteiger partial charge in [0.15, 0.2) is 11.6 Å². The molecule has 1 heterocycles. The van der Waals surface area contributed by atoms with Crippen LogP contribution in [0.2, 0.25) is 5.02 Å². The van der Waals surface area contributed by atoms with E-state index in [-0.39, 0.29) is 5.82 Å². The Hall–Kier alpha value is -2.97. The number of halogens is 1. The predicted octanol–water partition coefficient (Wildman–Crippen LogP) is 2.79. The lowest BCUT2D eigenvalue weighted by Gasteiger charge is -2.08. The Kier molecular flexibility index (Phi) is 4.15. The summed E-state index contributed by atoms with van der Waals surface area (Å²) in [4.78, 5) is 14.5. The average molecular weight is 346 g/mol. The molecule has 0 aliphatic heterocycles. The molecule has 4 N–H and O–H groups in total. The summed E-state index contributed by atoms with van der Waals surface area (Å²) >= 11 is 5.85. The molecule has 24 heavy (non-hydrogen) atoms. The van der Waals surface area contributed by atoms with Crippen molar-refractivity contribution >= 4 is 17.3 Å². The maximum absolute atomic E-state index is 10.9. The highest BCUT2D eigenvalue weighted by molar-refractivity contribution is 6.30. The third-order valence-corrected chi connectivity index (χ3v) is 3.71. The fourth-order valence-electron chi connectivity index (χ4n) is 2.18. The van der Waals surface area contributed by atoms with Crippen LogP contribution in [0, 0.1) is 10.1 Å². The highest BCUT2D eigenvalue weighted by atomic mass is 35.5. The zero-order chi connectivity index (χ0) is 17.3. The maximum atomic E-state index is 10.9. The van der Waals surface area contributed by atoms with Crippen molar-refractivity contribution in [3.05, 3.63) is 69.0 Å². The molecule has 0 aliphatic carbocycles. The fraction of sp³-hybridized carbons (Fsp3) is 0.0667. The first-order valence-electron chi connectivity index (χ1n) is 6.87. The second-order valence-electron chi connectivity index (χ2n) is 5.03. The number of hydrogen-bond donors (Lipinski definition) is 3. The molecule has 0 saturated carbocycles. The van der Waals surface area contributed by atoms with E-state index >= 15 is 0 Å². The van der Waals surface area contributed by atoms with Crippen LogP contribution >= 0.6 is 11.6 Å². The van der Waals surface area contributed by atoms with E-state index in [2.05, 4.69) is 15.2 Å². The number of phenols is 1. The van der Waals surface area contributed by atoms with E-state index in [9.17, 15) is 15.2 Å². The number of benzene rings is 2. The smallest absolute Gasteiger partial charge is 0.311 e. The Morgan fingerprint density at radius 3 is 2.62 bits per heavy atom. The molecule has 0 aliphatic rings. The van der Waals surface area contributed by atoms with Gasteiger partial charge in [0.25, 0.3) is 0 Å². The summed E-state index contributed by atoms with van der Waals surface area (Å²) in [6.07, 6.45) is 0. The van der Waals surface area contributed by atoms with E-state index in [0.717, 1.165) is 5.56 Å². The number of nitro benzene ring substituents is 1. The summed E-state index contributed by atoms with van der Waals surface area (Å²) in [5, 5.41) is 27.8. The largest absolute Gasteiger partial charge is 0.502 e. The minimum Gasteiger partial charge on any atom is -0.502 e. The molecule has 0 unspecified atom stereocenters.